The molecule has 27 heavy (non-hydrogen) atoms. The first-order valence-electron chi connectivity index (χ1n) is 10.8. The van der Waals surface area contributed by atoms with Crippen molar-refractivity contribution in [2.75, 3.05) is 13.1 Å². The predicted molar refractivity (Wildman–Crippen MR) is 98.1 cm³/mol. The summed E-state index contributed by atoms with van der Waals surface area (Å²) in [6.07, 6.45) is 13.0. The zero-order chi connectivity index (χ0) is 18.3. The van der Waals surface area contributed by atoms with Crippen LogP contribution in [-0.2, 0) is 14.4 Å². The lowest BCUT2D eigenvalue weighted by molar-refractivity contribution is -0.144. The maximum atomic E-state index is 12.7. The number of fused-ring (bicyclic) bond motifs is 5. The second kappa shape index (κ2) is 5.45. The number of carbonyl (C=O) groups is 3. The highest BCUT2D eigenvalue weighted by Gasteiger charge is 2.59. The molecule has 1 N–H and O–H groups in total. The van der Waals surface area contributed by atoms with Crippen LogP contribution in [-0.4, -0.2) is 35.7 Å². The van der Waals surface area contributed by atoms with Crippen LogP contribution in [0.1, 0.15) is 44.9 Å². The number of rotatable bonds is 4. The van der Waals surface area contributed by atoms with E-state index < -0.39 is 0 Å². The summed E-state index contributed by atoms with van der Waals surface area (Å²) >= 11 is 0. The van der Waals surface area contributed by atoms with Gasteiger partial charge in [-0.3, -0.25) is 19.3 Å². The molecule has 6 bridgehead atoms. The van der Waals surface area contributed by atoms with E-state index in [1.54, 1.807) is 0 Å². The first-order valence-corrected chi connectivity index (χ1v) is 10.8. The summed E-state index contributed by atoms with van der Waals surface area (Å²) in [6.45, 7) is 0.641. The molecule has 0 aromatic rings. The molecule has 6 aliphatic carbocycles. The van der Waals surface area contributed by atoms with Crippen molar-refractivity contribution < 1.29 is 14.4 Å². The van der Waals surface area contributed by atoms with E-state index in [2.05, 4.69) is 17.5 Å². The molecule has 6 fully saturated rings. The molecule has 0 aromatic heterocycles. The van der Waals surface area contributed by atoms with Crippen molar-refractivity contribution in [3.05, 3.63) is 12.2 Å². The van der Waals surface area contributed by atoms with Crippen molar-refractivity contribution in [1.82, 2.24) is 10.2 Å². The largest absolute Gasteiger partial charge is 0.354 e. The molecule has 3 amide bonds. The van der Waals surface area contributed by atoms with Crippen molar-refractivity contribution >= 4 is 17.7 Å². The second-order valence-electron chi connectivity index (χ2n) is 10.5. The summed E-state index contributed by atoms with van der Waals surface area (Å²) < 4.78 is 0. The van der Waals surface area contributed by atoms with Crippen molar-refractivity contribution in [1.29, 1.82) is 0 Å². The van der Waals surface area contributed by atoms with Crippen LogP contribution in [0.2, 0.25) is 0 Å². The van der Waals surface area contributed by atoms with Gasteiger partial charge in [-0.2, -0.15) is 0 Å². The Morgan fingerprint density at radius 2 is 1.44 bits per heavy atom. The van der Waals surface area contributed by atoms with E-state index in [4.69, 9.17) is 0 Å². The Bertz CT molecular complexity index is 691. The van der Waals surface area contributed by atoms with Gasteiger partial charge >= 0.3 is 0 Å². The van der Waals surface area contributed by atoms with Gasteiger partial charge in [-0.25, -0.2) is 0 Å². The van der Waals surface area contributed by atoms with Gasteiger partial charge in [0.2, 0.25) is 17.7 Å². The molecule has 5 saturated carbocycles. The molecule has 1 saturated heterocycles. The van der Waals surface area contributed by atoms with Crippen LogP contribution in [0.15, 0.2) is 12.2 Å². The van der Waals surface area contributed by atoms with Crippen LogP contribution >= 0.6 is 0 Å². The number of hydrogen-bond donors (Lipinski definition) is 1. The first-order chi connectivity index (χ1) is 13.0. The molecule has 1 aliphatic heterocycles. The summed E-state index contributed by atoms with van der Waals surface area (Å²) in [6, 6.07) is 0. The number of nitrogens with zero attached hydrogens (tertiary/aromatic N) is 1. The minimum atomic E-state index is -0.205. The molecule has 5 heteroatoms. The average molecular weight is 368 g/mol. The lowest BCUT2D eigenvalue weighted by atomic mass is 9.49. The minimum Gasteiger partial charge on any atom is -0.354 e. The highest BCUT2D eigenvalue weighted by Crippen LogP contribution is 2.59. The molecule has 4 atom stereocenters. The topological polar surface area (TPSA) is 66.5 Å². The Labute approximate surface area is 159 Å². The molecule has 0 radical (unpaired) electrons. The van der Waals surface area contributed by atoms with E-state index in [1.807, 2.05) is 0 Å². The fraction of sp³-hybridized carbons (Fsp3) is 0.773. The fourth-order valence-corrected chi connectivity index (χ4v) is 8.11. The van der Waals surface area contributed by atoms with Crippen LogP contribution in [0.25, 0.3) is 0 Å². The Kier molecular flexibility index (Phi) is 3.29. The van der Waals surface area contributed by atoms with Crippen LogP contribution in [0.5, 0.6) is 0 Å². The molecule has 7 rings (SSSR count). The van der Waals surface area contributed by atoms with Crippen LogP contribution in [0.3, 0.4) is 0 Å². The summed E-state index contributed by atoms with van der Waals surface area (Å²) in [4.78, 5) is 39.3. The smallest absolute Gasteiger partial charge is 0.240 e. The first kappa shape index (κ1) is 16.3. The van der Waals surface area contributed by atoms with Crippen LogP contribution in [0, 0.1) is 46.8 Å². The van der Waals surface area contributed by atoms with Gasteiger partial charge in [0.25, 0.3) is 0 Å². The Morgan fingerprint density at radius 1 is 0.926 bits per heavy atom. The molecular weight excluding hydrogens is 340 g/mol. The van der Waals surface area contributed by atoms with E-state index in [9.17, 15) is 14.4 Å². The van der Waals surface area contributed by atoms with Crippen molar-refractivity contribution in [2.24, 2.45) is 46.8 Å². The normalized spacial score (nSPS) is 48.6. The molecule has 0 unspecified atom stereocenters. The van der Waals surface area contributed by atoms with Crippen LogP contribution in [0.4, 0.5) is 0 Å². The SMILES string of the molecule is O=C(CN1C(=O)[C@@H]2[C@H](C1=O)[C@H]1C=C[C@@H]2C1)NCC12CC3CC(CC(C3)C1)C2. The van der Waals surface area contributed by atoms with Crippen LogP contribution < -0.4 is 5.32 Å². The van der Waals surface area contributed by atoms with Gasteiger partial charge in [0.1, 0.15) is 6.54 Å². The van der Waals surface area contributed by atoms with Gasteiger partial charge in [0.15, 0.2) is 0 Å². The standard InChI is InChI=1S/C22H28N2O3/c25-17(23-11-22-7-12-3-13(8-22)5-14(4-12)9-22)10-24-20(26)18-15-1-2-16(6-15)19(18)21(24)27/h1-2,12-16,18-19H,3-11H2,(H,23,25)/t12?,13?,14?,15-,16+,18+,19-,22?. The maximum absolute atomic E-state index is 12.7. The Balaban J connectivity index is 1.10. The number of carbonyl (C=O) groups excluding carboxylic acids is 3. The summed E-state index contributed by atoms with van der Waals surface area (Å²) in [7, 11) is 0. The lowest BCUT2D eigenvalue weighted by Gasteiger charge is -2.56. The number of amides is 3. The third-order valence-corrected chi connectivity index (χ3v) is 8.69. The van der Waals surface area contributed by atoms with Gasteiger partial charge in [0, 0.05) is 6.54 Å². The van der Waals surface area contributed by atoms with Gasteiger partial charge in [0.05, 0.1) is 11.8 Å². The molecular formula is C22H28N2O3. The zero-order valence-electron chi connectivity index (χ0n) is 15.7. The second-order valence-corrected chi connectivity index (χ2v) is 10.5. The Morgan fingerprint density at radius 3 is 1.96 bits per heavy atom. The molecule has 144 valence electrons. The van der Waals surface area contributed by atoms with Gasteiger partial charge in [-0.1, -0.05) is 12.2 Å². The highest BCUT2D eigenvalue weighted by molar-refractivity contribution is 6.08. The zero-order valence-corrected chi connectivity index (χ0v) is 15.7. The third-order valence-electron chi connectivity index (χ3n) is 8.69. The van der Waals surface area contributed by atoms with Crippen molar-refractivity contribution in [3.63, 3.8) is 0 Å². The van der Waals surface area contributed by atoms with Crippen molar-refractivity contribution in [2.45, 2.75) is 44.9 Å². The molecule has 7 aliphatic rings. The van der Waals surface area contributed by atoms with E-state index in [0.29, 0.717) is 0 Å². The van der Waals surface area contributed by atoms with Crippen molar-refractivity contribution in [3.8, 4) is 0 Å². The quantitative estimate of drug-likeness (QED) is 0.611. The van der Waals surface area contributed by atoms with E-state index in [-0.39, 0.29) is 53.4 Å². The van der Waals surface area contributed by atoms with E-state index in [1.165, 1.54) is 43.4 Å². The summed E-state index contributed by atoms with van der Waals surface area (Å²) in [5.74, 6) is 2.18. The average Bonchev–Trinajstić information content (AvgIpc) is 3.29. The number of hydrogen-bond acceptors (Lipinski definition) is 3. The lowest BCUT2D eigenvalue weighted by Crippen LogP contribution is -2.52. The number of nitrogens with one attached hydrogen (secondary N) is 1. The third kappa shape index (κ3) is 2.32. The van der Waals surface area contributed by atoms with Gasteiger partial charge in [-0.05, 0) is 80.0 Å². The molecule has 1 heterocycles. The number of allylic oxidation sites excluding steroid dienone is 2. The van der Waals surface area contributed by atoms with E-state index in [0.717, 1.165) is 30.7 Å². The van der Waals surface area contributed by atoms with E-state index >= 15 is 0 Å². The van der Waals surface area contributed by atoms with Gasteiger partial charge in [-0.15, -0.1) is 0 Å². The monoisotopic (exact) mass is 368 g/mol. The highest BCUT2D eigenvalue weighted by atomic mass is 16.2. The summed E-state index contributed by atoms with van der Waals surface area (Å²) in [5, 5.41) is 3.11. The molecule has 5 nitrogen and oxygen atoms in total. The predicted octanol–water partition coefficient (Wildman–Crippen LogP) is 2.13. The fourth-order valence-electron chi connectivity index (χ4n) is 8.11. The molecule has 0 spiro atoms. The summed E-state index contributed by atoms with van der Waals surface area (Å²) in [5.41, 5.74) is 0.281. The minimum absolute atomic E-state index is 0.0868. The molecule has 0 aromatic carbocycles. The van der Waals surface area contributed by atoms with Gasteiger partial charge < -0.3 is 5.32 Å². The number of imide groups is 1. The maximum Gasteiger partial charge on any atom is 0.240 e. The Hall–Kier alpha value is -1.65. The number of likely N-dealkylation sites (tertiary alicyclic amines) is 1.